The molecule has 0 aliphatic carbocycles. The first kappa shape index (κ1) is 17.7. The lowest BCUT2D eigenvalue weighted by Gasteiger charge is -2.13. The van der Waals surface area contributed by atoms with E-state index in [9.17, 15) is 0 Å². The summed E-state index contributed by atoms with van der Waals surface area (Å²) in [5.41, 5.74) is 5.84. The van der Waals surface area contributed by atoms with E-state index in [0.717, 1.165) is 23.8 Å². The molecule has 0 spiro atoms. The van der Waals surface area contributed by atoms with Crippen molar-refractivity contribution in [2.75, 3.05) is 7.05 Å². The van der Waals surface area contributed by atoms with Crippen molar-refractivity contribution in [3.05, 3.63) is 89.6 Å². The molecule has 0 atom stereocenters. The molecule has 1 heterocycles. The maximum Gasteiger partial charge on any atom is 0.191 e. The van der Waals surface area contributed by atoms with E-state index in [1.807, 2.05) is 24.4 Å². The van der Waals surface area contributed by atoms with Crippen LogP contribution in [0.2, 0.25) is 0 Å². The summed E-state index contributed by atoms with van der Waals surface area (Å²) in [4.78, 5) is 8.73. The Balaban J connectivity index is 1.60. The van der Waals surface area contributed by atoms with Gasteiger partial charge in [0.05, 0.1) is 5.69 Å². The molecule has 3 rings (SSSR count). The van der Waals surface area contributed by atoms with E-state index in [1.165, 1.54) is 16.7 Å². The first-order valence-electron chi connectivity index (χ1n) is 8.75. The lowest BCUT2D eigenvalue weighted by molar-refractivity contribution is 0.806. The Bertz CT molecular complexity index is 872. The van der Waals surface area contributed by atoms with Crippen molar-refractivity contribution in [2.45, 2.75) is 20.0 Å². The van der Waals surface area contributed by atoms with E-state index in [0.29, 0.717) is 6.54 Å². The van der Waals surface area contributed by atoms with E-state index >= 15 is 0 Å². The summed E-state index contributed by atoms with van der Waals surface area (Å²) in [7, 11) is 1.79. The number of benzene rings is 2. The van der Waals surface area contributed by atoms with E-state index in [4.69, 9.17) is 0 Å². The molecule has 0 fully saturated rings. The summed E-state index contributed by atoms with van der Waals surface area (Å²) in [5.74, 6) is 0.788. The van der Waals surface area contributed by atoms with Crippen LogP contribution in [0.3, 0.4) is 0 Å². The normalized spacial score (nSPS) is 11.2. The Morgan fingerprint density at radius 2 is 1.73 bits per heavy atom. The lowest BCUT2D eigenvalue weighted by atomic mass is 10.1. The molecule has 1 aromatic heterocycles. The molecule has 0 radical (unpaired) electrons. The standard InChI is InChI=1S/C22H24N4/c1-17-8-3-4-10-20(17)16-26-22(23-2)25-15-18-9-7-11-19(14-18)21-12-5-6-13-24-21/h3-14H,15-16H2,1-2H3,(H2,23,25,26). The summed E-state index contributed by atoms with van der Waals surface area (Å²) >= 11 is 0. The zero-order valence-electron chi connectivity index (χ0n) is 15.2. The number of rotatable bonds is 5. The smallest absolute Gasteiger partial charge is 0.191 e. The fourth-order valence-electron chi connectivity index (χ4n) is 2.77. The SMILES string of the molecule is CN=C(NCc1cccc(-c2ccccn2)c1)NCc1ccccc1C. The zero-order chi connectivity index (χ0) is 18.2. The second-order valence-electron chi connectivity index (χ2n) is 6.12. The van der Waals surface area contributed by atoms with E-state index < -0.39 is 0 Å². The first-order chi connectivity index (χ1) is 12.8. The van der Waals surface area contributed by atoms with Gasteiger partial charge in [-0.15, -0.1) is 0 Å². The third-order valence-electron chi connectivity index (χ3n) is 4.28. The third-order valence-corrected chi connectivity index (χ3v) is 4.28. The maximum absolute atomic E-state index is 4.42. The monoisotopic (exact) mass is 344 g/mol. The van der Waals surface area contributed by atoms with Gasteiger partial charge in [-0.2, -0.15) is 0 Å². The second kappa shape index (κ2) is 8.81. The van der Waals surface area contributed by atoms with Gasteiger partial charge in [0.1, 0.15) is 0 Å². The van der Waals surface area contributed by atoms with Gasteiger partial charge in [-0.05, 0) is 41.8 Å². The van der Waals surface area contributed by atoms with Crippen LogP contribution in [0.5, 0.6) is 0 Å². The van der Waals surface area contributed by atoms with Crippen molar-refractivity contribution in [1.82, 2.24) is 15.6 Å². The van der Waals surface area contributed by atoms with E-state index in [1.54, 1.807) is 7.05 Å². The molecular formula is C22H24N4. The van der Waals surface area contributed by atoms with Gasteiger partial charge in [0.15, 0.2) is 5.96 Å². The molecule has 0 bridgehead atoms. The Hall–Kier alpha value is -3.14. The Labute approximate surface area is 155 Å². The second-order valence-corrected chi connectivity index (χ2v) is 6.12. The van der Waals surface area contributed by atoms with Gasteiger partial charge in [-0.3, -0.25) is 9.98 Å². The number of aryl methyl sites for hydroxylation is 1. The summed E-state index contributed by atoms with van der Waals surface area (Å²) in [5, 5.41) is 6.74. The van der Waals surface area contributed by atoms with Crippen LogP contribution < -0.4 is 10.6 Å². The third kappa shape index (κ3) is 4.70. The number of guanidine groups is 1. The molecule has 0 unspecified atom stereocenters. The Morgan fingerprint density at radius 1 is 0.923 bits per heavy atom. The summed E-state index contributed by atoms with van der Waals surface area (Å²) in [6.45, 7) is 3.57. The maximum atomic E-state index is 4.42. The largest absolute Gasteiger partial charge is 0.352 e. The van der Waals surface area contributed by atoms with Gasteiger partial charge < -0.3 is 10.6 Å². The van der Waals surface area contributed by atoms with Crippen molar-refractivity contribution in [3.63, 3.8) is 0 Å². The minimum Gasteiger partial charge on any atom is -0.352 e. The number of aromatic nitrogens is 1. The van der Waals surface area contributed by atoms with Crippen molar-refractivity contribution in [3.8, 4) is 11.3 Å². The minimum atomic E-state index is 0.702. The van der Waals surface area contributed by atoms with Crippen molar-refractivity contribution < 1.29 is 0 Å². The topological polar surface area (TPSA) is 49.3 Å². The molecule has 4 nitrogen and oxygen atoms in total. The van der Waals surface area contributed by atoms with Crippen LogP contribution in [0.25, 0.3) is 11.3 Å². The molecule has 4 heteroatoms. The molecular weight excluding hydrogens is 320 g/mol. The molecule has 0 saturated heterocycles. The highest BCUT2D eigenvalue weighted by Gasteiger charge is 2.03. The van der Waals surface area contributed by atoms with Crippen LogP contribution in [0.4, 0.5) is 0 Å². The number of nitrogens with one attached hydrogen (secondary N) is 2. The number of pyridine rings is 1. The molecule has 0 amide bonds. The van der Waals surface area contributed by atoms with Crippen LogP contribution >= 0.6 is 0 Å². The average molecular weight is 344 g/mol. The van der Waals surface area contributed by atoms with E-state index in [-0.39, 0.29) is 0 Å². The summed E-state index contributed by atoms with van der Waals surface area (Å²) in [6.07, 6.45) is 1.82. The molecule has 3 aromatic rings. The summed E-state index contributed by atoms with van der Waals surface area (Å²) in [6, 6.07) is 22.7. The quantitative estimate of drug-likeness (QED) is 0.545. The predicted molar refractivity (Wildman–Crippen MR) is 108 cm³/mol. The van der Waals surface area contributed by atoms with Gasteiger partial charge in [0.2, 0.25) is 0 Å². The van der Waals surface area contributed by atoms with Crippen molar-refractivity contribution >= 4 is 5.96 Å². The van der Waals surface area contributed by atoms with Crippen LogP contribution in [0.15, 0.2) is 77.9 Å². The highest BCUT2D eigenvalue weighted by molar-refractivity contribution is 5.79. The van der Waals surface area contributed by atoms with E-state index in [2.05, 4.69) is 76.1 Å². The molecule has 26 heavy (non-hydrogen) atoms. The predicted octanol–water partition coefficient (Wildman–Crippen LogP) is 3.92. The highest BCUT2D eigenvalue weighted by atomic mass is 15.2. The number of nitrogens with zero attached hydrogens (tertiary/aromatic N) is 2. The van der Waals surface area contributed by atoms with Gasteiger partial charge in [-0.1, -0.05) is 48.5 Å². The van der Waals surface area contributed by atoms with Crippen LogP contribution in [0.1, 0.15) is 16.7 Å². The van der Waals surface area contributed by atoms with Gasteiger partial charge in [0.25, 0.3) is 0 Å². The minimum absolute atomic E-state index is 0.702. The van der Waals surface area contributed by atoms with Crippen LogP contribution in [0, 0.1) is 6.92 Å². The molecule has 2 aromatic carbocycles. The molecule has 132 valence electrons. The van der Waals surface area contributed by atoms with Gasteiger partial charge >= 0.3 is 0 Å². The van der Waals surface area contributed by atoms with Crippen molar-refractivity contribution in [2.24, 2.45) is 4.99 Å². The van der Waals surface area contributed by atoms with Gasteiger partial charge in [0, 0.05) is 31.9 Å². The Morgan fingerprint density at radius 3 is 2.50 bits per heavy atom. The van der Waals surface area contributed by atoms with Crippen molar-refractivity contribution in [1.29, 1.82) is 0 Å². The molecule has 0 aliphatic rings. The number of hydrogen-bond donors (Lipinski definition) is 2. The number of aliphatic imine (C=N–C) groups is 1. The van der Waals surface area contributed by atoms with Crippen LogP contribution in [-0.2, 0) is 13.1 Å². The summed E-state index contributed by atoms with van der Waals surface area (Å²) < 4.78 is 0. The molecule has 0 saturated carbocycles. The zero-order valence-corrected chi connectivity index (χ0v) is 15.2. The highest BCUT2D eigenvalue weighted by Crippen LogP contribution is 2.17. The Kier molecular flexibility index (Phi) is 5.99. The van der Waals surface area contributed by atoms with Crippen LogP contribution in [-0.4, -0.2) is 18.0 Å². The first-order valence-corrected chi connectivity index (χ1v) is 8.75. The van der Waals surface area contributed by atoms with Gasteiger partial charge in [-0.25, -0.2) is 0 Å². The average Bonchev–Trinajstić information content (AvgIpc) is 2.70. The fourth-order valence-corrected chi connectivity index (χ4v) is 2.77. The lowest BCUT2D eigenvalue weighted by Crippen LogP contribution is -2.36. The number of hydrogen-bond acceptors (Lipinski definition) is 2. The molecule has 2 N–H and O–H groups in total. The fraction of sp³-hybridized carbons (Fsp3) is 0.182. The molecule has 0 aliphatic heterocycles.